The molecular formula is C14H19NO2S. The summed E-state index contributed by atoms with van der Waals surface area (Å²) < 4.78 is 23.2. The zero-order valence-electron chi connectivity index (χ0n) is 10.4. The molecule has 1 N–H and O–H groups in total. The normalized spacial score (nSPS) is 27.0. The lowest BCUT2D eigenvalue weighted by atomic mass is 10.1. The second kappa shape index (κ2) is 4.67. The molecule has 1 saturated heterocycles. The Labute approximate surface area is 109 Å². The molecule has 0 saturated carbocycles. The van der Waals surface area contributed by atoms with Crippen LogP contribution in [-0.2, 0) is 22.7 Å². The fourth-order valence-corrected chi connectivity index (χ4v) is 4.81. The molecule has 0 radical (unpaired) electrons. The molecule has 1 aromatic rings. The standard InChI is InChI=1S/C14H19NO2S/c16-18(17)7-3-6-13(10-18)15-14-8-11-4-1-2-5-12(11)9-14/h1-2,4-5,13-15H,3,6-10H2. The molecule has 1 aliphatic carbocycles. The van der Waals surface area contributed by atoms with Crippen molar-refractivity contribution < 1.29 is 8.42 Å². The van der Waals surface area contributed by atoms with Gasteiger partial charge in [0.25, 0.3) is 0 Å². The zero-order chi connectivity index (χ0) is 12.6. The van der Waals surface area contributed by atoms with Gasteiger partial charge in [-0.15, -0.1) is 0 Å². The summed E-state index contributed by atoms with van der Waals surface area (Å²) in [5.74, 6) is 0.690. The van der Waals surface area contributed by atoms with Gasteiger partial charge in [0.15, 0.2) is 9.84 Å². The molecule has 0 bridgehead atoms. The van der Waals surface area contributed by atoms with Crippen LogP contribution in [0.15, 0.2) is 24.3 Å². The molecule has 1 atom stereocenters. The van der Waals surface area contributed by atoms with E-state index in [4.69, 9.17) is 0 Å². The third-order valence-electron chi connectivity index (χ3n) is 3.99. The van der Waals surface area contributed by atoms with Gasteiger partial charge in [-0.05, 0) is 36.8 Å². The molecule has 3 rings (SSSR count). The summed E-state index contributed by atoms with van der Waals surface area (Å²) in [6, 6.07) is 9.07. The predicted octanol–water partition coefficient (Wildman–Crippen LogP) is 1.32. The Morgan fingerprint density at radius 3 is 2.33 bits per heavy atom. The third-order valence-corrected chi connectivity index (χ3v) is 5.81. The molecule has 0 amide bonds. The quantitative estimate of drug-likeness (QED) is 0.877. The minimum absolute atomic E-state index is 0.156. The minimum Gasteiger partial charge on any atom is -0.310 e. The molecule has 1 aliphatic heterocycles. The Bertz CT molecular complexity index is 513. The molecule has 1 fully saturated rings. The molecule has 18 heavy (non-hydrogen) atoms. The molecule has 0 aromatic heterocycles. The molecular weight excluding hydrogens is 246 g/mol. The number of nitrogens with one attached hydrogen (secondary N) is 1. The molecule has 1 unspecified atom stereocenters. The average molecular weight is 265 g/mol. The van der Waals surface area contributed by atoms with E-state index in [1.165, 1.54) is 11.1 Å². The van der Waals surface area contributed by atoms with E-state index in [1.54, 1.807) is 0 Å². The number of hydrogen-bond donors (Lipinski definition) is 1. The van der Waals surface area contributed by atoms with Crippen molar-refractivity contribution in [2.24, 2.45) is 0 Å². The van der Waals surface area contributed by atoms with Gasteiger partial charge in [0.05, 0.1) is 11.5 Å². The van der Waals surface area contributed by atoms with E-state index in [-0.39, 0.29) is 6.04 Å². The van der Waals surface area contributed by atoms with E-state index >= 15 is 0 Å². The van der Waals surface area contributed by atoms with Crippen LogP contribution in [0.3, 0.4) is 0 Å². The lowest BCUT2D eigenvalue weighted by molar-refractivity contribution is 0.421. The largest absolute Gasteiger partial charge is 0.310 e. The molecule has 98 valence electrons. The lowest BCUT2D eigenvalue weighted by Crippen LogP contribution is -2.45. The Kier molecular flexibility index (Phi) is 3.16. The van der Waals surface area contributed by atoms with Crippen molar-refractivity contribution in [2.45, 2.75) is 37.8 Å². The second-order valence-electron chi connectivity index (χ2n) is 5.49. The Morgan fingerprint density at radius 1 is 1.06 bits per heavy atom. The Morgan fingerprint density at radius 2 is 1.72 bits per heavy atom. The van der Waals surface area contributed by atoms with Gasteiger partial charge in [-0.1, -0.05) is 24.3 Å². The predicted molar refractivity (Wildman–Crippen MR) is 72.4 cm³/mol. The van der Waals surface area contributed by atoms with Crippen LogP contribution in [0.5, 0.6) is 0 Å². The maximum absolute atomic E-state index is 11.6. The highest BCUT2D eigenvalue weighted by molar-refractivity contribution is 7.91. The monoisotopic (exact) mass is 265 g/mol. The highest BCUT2D eigenvalue weighted by Crippen LogP contribution is 2.23. The van der Waals surface area contributed by atoms with Gasteiger partial charge in [-0.2, -0.15) is 0 Å². The van der Waals surface area contributed by atoms with Gasteiger partial charge in [-0.3, -0.25) is 0 Å². The van der Waals surface area contributed by atoms with Crippen LogP contribution >= 0.6 is 0 Å². The first-order valence-corrected chi connectivity index (χ1v) is 8.48. The SMILES string of the molecule is O=S1(=O)CCCC(NC2Cc3ccccc3C2)C1. The lowest BCUT2D eigenvalue weighted by Gasteiger charge is -2.26. The van der Waals surface area contributed by atoms with Gasteiger partial charge in [-0.25, -0.2) is 8.42 Å². The van der Waals surface area contributed by atoms with Crippen LogP contribution < -0.4 is 5.32 Å². The summed E-state index contributed by atoms with van der Waals surface area (Å²) in [6.07, 6.45) is 3.87. The van der Waals surface area contributed by atoms with Crippen LogP contribution in [0.4, 0.5) is 0 Å². The first-order chi connectivity index (χ1) is 8.62. The zero-order valence-corrected chi connectivity index (χ0v) is 11.2. The fraction of sp³-hybridized carbons (Fsp3) is 0.571. The number of rotatable bonds is 2. The maximum atomic E-state index is 11.6. The van der Waals surface area contributed by atoms with Crippen LogP contribution in [0.1, 0.15) is 24.0 Å². The first-order valence-electron chi connectivity index (χ1n) is 6.66. The summed E-state index contributed by atoms with van der Waals surface area (Å²) in [5, 5.41) is 3.54. The van der Waals surface area contributed by atoms with Crippen LogP contribution in [0.2, 0.25) is 0 Å². The summed E-state index contributed by atoms with van der Waals surface area (Å²) in [6.45, 7) is 0. The smallest absolute Gasteiger partial charge is 0.151 e. The minimum atomic E-state index is -2.80. The summed E-state index contributed by atoms with van der Waals surface area (Å²) >= 11 is 0. The van der Waals surface area contributed by atoms with Crippen LogP contribution in [0.25, 0.3) is 0 Å². The summed E-state index contributed by atoms with van der Waals surface area (Å²) in [5.41, 5.74) is 2.82. The Hall–Kier alpha value is -0.870. The van der Waals surface area contributed by atoms with Crippen molar-refractivity contribution in [1.82, 2.24) is 5.32 Å². The van der Waals surface area contributed by atoms with Crippen molar-refractivity contribution in [2.75, 3.05) is 11.5 Å². The van der Waals surface area contributed by atoms with Gasteiger partial charge in [0.2, 0.25) is 0 Å². The fourth-order valence-electron chi connectivity index (χ4n) is 3.16. The third kappa shape index (κ3) is 2.59. The van der Waals surface area contributed by atoms with Crippen molar-refractivity contribution in [3.05, 3.63) is 35.4 Å². The van der Waals surface area contributed by atoms with Crippen molar-refractivity contribution in [3.8, 4) is 0 Å². The van der Waals surface area contributed by atoms with Gasteiger partial charge < -0.3 is 5.32 Å². The first kappa shape index (κ1) is 12.2. The molecule has 3 nitrogen and oxygen atoms in total. The number of fused-ring (bicyclic) bond motifs is 1. The van der Waals surface area contributed by atoms with Gasteiger partial charge >= 0.3 is 0 Å². The van der Waals surface area contributed by atoms with E-state index in [9.17, 15) is 8.42 Å². The summed E-state index contributed by atoms with van der Waals surface area (Å²) in [4.78, 5) is 0. The highest BCUT2D eigenvalue weighted by Gasteiger charge is 2.28. The average Bonchev–Trinajstić information content (AvgIpc) is 2.69. The van der Waals surface area contributed by atoms with E-state index in [0.29, 0.717) is 17.5 Å². The Balaban J connectivity index is 1.63. The second-order valence-corrected chi connectivity index (χ2v) is 7.72. The van der Waals surface area contributed by atoms with Crippen molar-refractivity contribution in [1.29, 1.82) is 0 Å². The highest BCUT2D eigenvalue weighted by atomic mass is 32.2. The van der Waals surface area contributed by atoms with Gasteiger partial charge in [0.1, 0.15) is 0 Å². The molecule has 2 aliphatic rings. The molecule has 4 heteroatoms. The molecule has 1 aromatic carbocycles. The van der Waals surface area contributed by atoms with Crippen molar-refractivity contribution >= 4 is 9.84 Å². The topological polar surface area (TPSA) is 46.2 Å². The van der Waals surface area contributed by atoms with Crippen LogP contribution in [0, 0.1) is 0 Å². The number of sulfone groups is 1. The van der Waals surface area contributed by atoms with E-state index < -0.39 is 9.84 Å². The molecule has 1 heterocycles. The molecule has 0 spiro atoms. The van der Waals surface area contributed by atoms with Crippen LogP contribution in [-0.4, -0.2) is 32.0 Å². The van der Waals surface area contributed by atoms with Crippen molar-refractivity contribution in [3.63, 3.8) is 0 Å². The van der Waals surface area contributed by atoms with E-state index in [2.05, 4.69) is 29.6 Å². The van der Waals surface area contributed by atoms with E-state index in [0.717, 1.165) is 25.7 Å². The number of benzene rings is 1. The van der Waals surface area contributed by atoms with E-state index in [1.807, 2.05) is 0 Å². The van der Waals surface area contributed by atoms with Gasteiger partial charge in [0, 0.05) is 12.1 Å². The maximum Gasteiger partial charge on any atom is 0.151 e. The number of hydrogen-bond acceptors (Lipinski definition) is 3. The summed E-state index contributed by atoms with van der Waals surface area (Å²) in [7, 11) is -2.80.